The molecule has 0 atom stereocenters. The molecule has 0 radical (unpaired) electrons. The van der Waals surface area contributed by atoms with E-state index < -0.39 is 0 Å². The van der Waals surface area contributed by atoms with Crippen molar-refractivity contribution in [3.63, 3.8) is 0 Å². The van der Waals surface area contributed by atoms with E-state index in [1.54, 1.807) is 48.5 Å². The number of ether oxygens (including phenoxy) is 4. The number of nitrogens with one attached hydrogen (secondary N) is 1. The summed E-state index contributed by atoms with van der Waals surface area (Å²) in [6.07, 6.45) is 0. The van der Waals surface area contributed by atoms with Gasteiger partial charge in [0.25, 0.3) is 5.91 Å². The van der Waals surface area contributed by atoms with E-state index in [9.17, 15) is 9.59 Å². The lowest BCUT2D eigenvalue weighted by Gasteiger charge is -2.14. The van der Waals surface area contributed by atoms with Crippen molar-refractivity contribution >= 4 is 22.6 Å². The zero-order valence-electron chi connectivity index (χ0n) is 19.1. The van der Waals surface area contributed by atoms with Gasteiger partial charge >= 0.3 is 0 Å². The van der Waals surface area contributed by atoms with Crippen LogP contribution < -0.4 is 29.7 Å². The van der Waals surface area contributed by atoms with Crippen molar-refractivity contribution in [1.82, 2.24) is 0 Å². The van der Waals surface area contributed by atoms with Crippen LogP contribution in [0, 0.1) is 0 Å². The van der Waals surface area contributed by atoms with Crippen LogP contribution in [-0.4, -0.2) is 34.3 Å². The van der Waals surface area contributed by atoms with Gasteiger partial charge in [-0.3, -0.25) is 9.59 Å². The Labute approximate surface area is 195 Å². The zero-order valence-corrected chi connectivity index (χ0v) is 19.1. The average molecular weight is 461 g/mol. The van der Waals surface area contributed by atoms with Gasteiger partial charge < -0.3 is 28.7 Å². The van der Waals surface area contributed by atoms with E-state index in [1.165, 1.54) is 34.5 Å². The topological polar surface area (TPSA) is 96.2 Å². The van der Waals surface area contributed by atoms with Crippen molar-refractivity contribution in [2.45, 2.75) is 0 Å². The second-order valence-electron chi connectivity index (χ2n) is 7.23. The molecule has 1 N–H and O–H groups in total. The van der Waals surface area contributed by atoms with E-state index in [1.807, 2.05) is 6.07 Å². The highest BCUT2D eigenvalue weighted by Gasteiger charge is 2.21. The van der Waals surface area contributed by atoms with Gasteiger partial charge in [0.2, 0.25) is 5.75 Å². The lowest BCUT2D eigenvalue weighted by Crippen LogP contribution is -2.12. The van der Waals surface area contributed by atoms with Crippen LogP contribution in [0.1, 0.15) is 10.4 Å². The van der Waals surface area contributed by atoms with Crippen molar-refractivity contribution < 1.29 is 28.2 Å². The third-order valence-electron chi connectivity index (χ3n) is 5.29. The number of para-hydroxylation sites is 2. The summed E-state index contributed by atoms with van der Waals surface area (Å²) in [6, 6.07) is 16.8. The molecule has 1 aromatic heterocycles. The first-order valence-corrected chi connectivity index (χ1v) is 10.3. The van der Waals surface area contributed by atoms with Crippen LogP contribution in [0.5, 0.6) is 23.0 Å². The molecule has 4 aromatic rings. The fourth-order valence-electron chi connectivity index (χ4n) is 3.69. The minimum Gasteiger partial charge on any atom is -0.495 e. The molecule has 1 amide bonds. The Morgan fingerprint density at radius 2 is 1.53 bits per heavy atom. The molecule has 0 saturated heterocycles. The summed E-state index contributed by atoms with van der Waals surface area (Å²) in [7, 11) is 5.92. The molecule has 1 heterocycles. The van der Waals surface area contributed by atoms with Crippen LogP contribution in [-0.2, 0) is 0 Å². The number of methoxy groups -OCH3 is 4. The zero-order chi connectivity index (χ0) is 24.2. The van der Waals surface area contributed by atoms with Gasteiger partial charge in [-0.25, -0.2) is 0 Å². The molecule has 0 unspecified atom stereocenters. The van der Waals surface area contributed by atoms with Crippen LogP contribution in [0.3, 0.4) is 0 Å². The fourth-order valence-corrected chi connectivity index (χ4v) is 3.69. The molecule has 8 nitrogen and oxygen atoms in total. The van der Waals surface area contributed by atoms with Gasteiger partial charge in [0.05, 0.1) is 34.1 Å². The van der Waals surface area contributed by atoms with Crippen molar-refractivity contribution in [3.8, 4) is 34.3 Å². The molecule has 0 aliphatic heterocycles. The first kappa shape index (κ1) is 22.7. The maximum absolute atomic E-state index is 13.0. The highest BCUT2D eigenvalue weighted by Crippen LogP contribution is 2.42. The predicted molar refractivity (Wildman–Crippen MR) is 129 cm³/mol. The summed E-state index contributed by atoms with van der Waals surface area (Å²) in [5.41, 5.74) is 1.43. The highest BCUT2D eigenvalue weighted by atomic mass is 16.5. The molecule has 8 heteroatoms. The van der Waals surface area contributed by atoms with Crippen LogP contribution >= 0.6 is 0 Å². The Hall–Kier alpha value is -4.46. The van der Waals surface area contributed by atoms with Gasteiger partial charge in [-0.1, -0.05) is 24.3 Å². The second kappa shape index (κ2) is 9.58. The number of hydrogen-bond acceptors (Lipinski definition) is 7. The van der Waals surface area contributed by atoms with Crippen LogP contribution in [0.15, 0.2) is 69.9 Å². The summed E-state index contributed by atoms with van der Waals surface area (Å²) in [5.74, 6) is 1.39. The highest BCUT2D eigenvalue weighted by molar-refractivity contribution is 6.05. The molecule has 0 saturated carbocycles. The van der Waals surface area contributed by atoms with Crippen LogP contribution in [0.4, 0.5) is 5.69 Å². The molecular formula is C26H23NO7. The molecule has 0 spiro atoms. The van der Waals surface area contributed by atoms with Crippen LogP contribution in [0.2, 0.25) is 0 Å². The normalized spacial score (nSPS) is 10.6. The smallest absolute Gasteiger partial charge is 0.255 e. The third-order valence-corrected chi connectivity index (χ3v) is 5.29. The van der Waals surface area contributed by atoms with Gasteiger partial charge in [0.1, 0.15) is 22.5 Å². The Kier molecular flexibility index (Phi) is 6.40. The van der Waals surface area contributed by atoms with Gasteiger partial charge in [-0.2, -0.15) is 0 Å². The number of anilines is 1. The average Bonchev–Trinajstić information content (AvgIpc) is 2.87. The number of fused-ring (bicyclic) bond motifs is 1. The quantitative estimate of drug-likeness (QED) is 0.424. The van der Waals surface area contributed by atoms with E-state index in [2.05, 4.69) is 5.32 Å². The Bertz CT molecular complexity index is 1420. The summed E-state index contributed by atoms with van der Waals surface area (Å²) < 4.78 is 27.5. The number of carbonyl (C=O) groups is 1. The lowest BCUT2D eigenvalue weighted by molar-refractivity contribution is 0.102. The fraction of sp³-hybridized carbons (Fsp3) is 0.154. The van der Waals surface area contributed by atoms with Crippen molar-refractivity contribution in [2.24, 2.45) is 0 Å². The van der Waals surface area contributed by atoms with E-state index in [0.29, 0.717) is 39.8 Å². The van der Waals surface area contributed by atoms with Gasteiger partial charge in [-0.05, 0) is 24.3 Å². The summed E-state index contributed by atoms with van der Waals surface area (Å²) in [4.78, 5) is 25.9. The minimum absolute atomic E-state index is 0.224. The Balaban J connectivity index is 1.76. The van der Waals surface area contributed by atoms with E-state index in [4.69, 9.17) is 23.4 Å². The molecule has 0 aliphatic rings. The SMILES string of the molecule is COc1ccccc1NC(=O)c1cccc(-c2cc(=O)c3c(OC)c(OC)c(OC)cc3o2)c1. The largest absolute Gasteiger partial charge is 0.495 e. The summed E-state index contributed by atoms with van der Waals surface area (Å²) in [6.45, 7) is 0. The summed E-state index contributed by atoms with van der Waals surface area (Å²) >= 11 is 0. The van der Waals surface area contributed by atoms with Gasteiger partial charge in [0, 0.05) is 23.3 Å². The maximum Gasteiger partial charge on any atom is 0.255 e. The Morgan fingerprint density at radius 3 is 2.24 bits per heavy atom. The third kappa shape index (κ3) is 4.13. The van der Waals surface area contributed by atoms with Gasteiger partial charge in [-0.15, -0.1) is 0 Å². The predicted octanol–water partition coefficient (Wildman–Crippen LogP) is 4.75. The molecule has 34 heavy (non-hydrogen) atoms. The van der Waals surface area contributed by atoms with Gasteiger partial charge in [0.15, 0.2) is 16.9 Å². The van der Waals surface area contributed by atoms with E-state index in [0.717, 1.165) is 0 Å². The van der Waals surface area contributed by atoms with Crippen molar-refractivity contribution in [3.05, 3.63) is 76.5 Å². The standard InChI is InChI=1S/C26H23NO7/c1-30-19-11-6-5-10-17(19)27-26(29)16-9-7-8-15(12-16)20-13-18(28)23-21(34-20)14-22(31-2)24(32-3)25(23)33-4/h5-14H,1-4H3,(H,27,29). The van der Waals surface area contributed by atoms with Crippen molar-refractivity contribution in [1.29, 1.82) is 0 Å². The molecule has 174 valence electrons. The molecule has 0 fully saturated rings. The molecule has 0 aliphatic carbocycles. The number of amides is 1. The monoisotopic (exact) mass is 461 g/mol. The van der Waals surface area contributed by atoms with E-state index >= 15 is 0 Å². The van der Waals surface area contributed by atoms with E-state index in [-0.39, 0.29) is 28.1 Å². The number of benzene rings is 3. The first-order chi connectivity index (χ1) is 16.5. The second-order valence-corrected chi connectivity index (χ2v) is 7.23. The maximum atomic E-state index is 13.0. The molecular weight excluding hydrogens is 438 g/mol. The number of hydrogen-bond donors (Lipinski definition) is 1. The Morgan fingerprint density at radius 1 is 0.794 bits per heavy atom. The number of rotatable bonds is 7. The lowest BCUT2D eigenvalue weighted by atomic mass is 10.1. The minimum atomic E-state index is -0.331. The number of carbonyl (C=O) groups excluding carboxylic acids is 1. The molecule has 3 aromatic carbocycles. The molecule has 0 bridgehead atoms. The molecule has 4 rings (SSSR count). The summed E-state index contributed by atoms with van der Waals surface area (Å²) in [5, 5.41) is 3.07. The first-order valence-electron chi connectivity index (χ1n) is 10.3. The van der Waals surface area contributed by atoms with Crippen molar-refractivity contribution in [2.75, 3.05) is 33.8 Å². The van der Waals surface area contributed by atoms with Crippen LogP contribution in [0.25, 0.3) is 22.3 Å².